The minimum atomic E-state index is -1.79. The van der Waals surface area contributed by atoms with Crippen molar-refractivity contribution in [2.75, 3.05) is 6.26 Å². The molecular formula is C15H14Cl3NO3S. The van der Waals surface area contributed by atoms with E-state index < -0.39 is 26.7 Å². The van der Waals surface area contributed by atoms with Crippen LogP contribution in [-0.2, 0) is 21.2 Å². The zero-order valence-electron chi connectivity index (χ0n) is 12.1. The quantitative estimate of drug-likeness (QED) is 0.647. The molecule has 0 fully saturated rings. The number of hydrogen-bond donors (Lipinski definition) is 0. The van der Waals surface area contributed by atoms with E-state index in [1.807, 2.05) is 12.1 Å². The first-order valence-electron chi connectivity index (χ1n) is 6.55. The topological polar surface area (TPSA) is 51.8 Å². The van der Waals surface area contributed by atoms with Gasteiger partial charge < -0.3 is 9.15 Å². The van der Waals surface area contributed by atoms with Crippen molar-refractivity contribution in [3.05, 3.63) is 60.1 Å². The molecule has 1 unspecified atom stereocenters. The lowest BCUT2D eigenvalue weighted by atomic mass is 10.1. The van der Waals surface area contributed by atoms with Crippen LogP contribution in [0.4, 0.5) is 4.79 Å². The van der Waals surface area contributed by atoms with E-state index in [1.165, 1.54) is 0 Å². The Balaban J connectivity index is 2.09. The molecule has 0 radical (unpaired) electrons. The normalized spacial score (nSPS) is 14.4. The molecule has 0 bridgehead atoms. The Morgan fingerprint density at radius 2 is 1.96 bits per heavy atom. The van der Waals surface area contributed by atoms with Gasteiger partial charge in [0.2, 0.25) is 3.79 Å². The van der Waals surface area contributed by atoms with Gasteiger partial charge in [-0.3, -0.25) is 0 Å². The molecule has 0 aliphatic heterocycles. The number of nitrogens with zero attached hydrogens (tertiary/aromatic N) is 1. The standard InChI is InChI=1S/C15H14Cl3NO3S/c1-23(10-12-8-5-9-21-12)19-14(20)22-13(15(16,17)18)11-6-3-2-4-7-11/h2-9,13H,10H2,1H3/t13-,23?/m0/s1. The summed E-state index contributed by atoms with van der Waals surface area (Å²) in [6, 6.07) is 12.4. The van der Waals surface area contributed by atoms with Crippen molar-refractivity contribution < 1.29 is 13.9 Å². The molecule has 124 valence electrons. The molecule has 2 atom stereocenters. The van der Waals surface area contributed by atoms with Crippen molar-refractivity contribution in [2.24, 2.45) is 4.36 Å². The number of furan rings is 1. The van der Waals surface area contributed by atoms with Gasteiger partial charge in [0.15, 0.2) is 6.10 Å². The summed E-state index contributed by atoms with van der Waals surface area (Å²) < 4.78 is 12.7. The number of rotatable bonds is 4. The molecular weight excluding hydrogens is 381 g/mol. The third-order valence-corrected chi connectivity index (χ3v) is 4.54. The van der Waals surface area contributed by atoms with Crippen LogP contribution in [0.3, 0.4) is 0 Å². The largest absolute Gasteiger partial charge is 0.468 e. The molecule has 1 aromatic carbocycles. The lowest BCUT2D eigenvalue weighted by molar-refractivity contribution is 0.109. The Labute approximate surface area is 151 Å². The van der Waals surface area contributed by atoms with Crippen molar-refractivity contribution in [1.29, 1.82) is 0 Å². The molecule has 1 aromatic heterocycles. The van der Waals surface area contributed by atoms with E-state index in [-0.39, 0.29) is 0 Å². The number of carbonyl (C=O) groups excluding carboxylic acids is 1. The highest BCUT2D eigenvalue weighted by molar-refractivity contribution is 7.86. The lowest BCUT2D eigenvalue weighted by Crippen LogP contribution is -2.22. The Hall–Kier alpha value is -1.01. The van der Waals surface area contributed by atoms with Crippen molar-refractivity contribution in [1.82, 2.24) is 0 Å². The van der Waals surface area contributed by atoms with Gasteiger partial charge in [-0.15, -0.1) is 0 Å². The number of ether oxygens (including phenoxy) is 1. The van der Waals surface area contributed by atoms with E-state index in [9.17, 15) is 4.79 Å². The van der Waals surface area contributed by atoms with E-state index in [0.29, 0.717) is 11.3 Å². The van der Waals surface area contributed by atoms with Crippen molar-refractivity contribution >= 4 is 51.6 Å². The molecule has 1 heterocycles. The molecule has 0 saturated carbocycles. The maximum atomic E-state index is 12.0. The monoisotopic (exact) mass is 393 g/mol. The summed E-state index contributed by atoms with van der Waals surface area (Å²) in [6.45, 7) is 0. The number of benzene rings is 1. The van der Waals surface area contributed by atoms with Crippen molar-refractivity contribution in [3.8, 4) is 0 Å². The zero-order valence-corrected chi connectivity index (χ0v) is 15.2. The summed E-state index contributed by atoms with van der Waals surface area (Å²) in [5.41, 5.74) is 0.582. The SMILES string of the molecule is C/S(Cc1ccco1)=N\C(=O)O[C@@H](c1ccccc1)C(Cl)(Cl)Cl. The number of alkyl halides is 3. The Bertz CT molecular complexity index is 669. The second-order valence-corrected chi connectivity index (χ2v) is 8.67. The molecule has 4 nitrogen and oxygen atoms in total. The molecule has 2 rings (SSSR count). The van der Waals surface area contributed by atoms with Crippen LogP contribution < -0.4 is 0 Å². The second kappa shape index (κ2) is 8.20. The molecule has 0 spiro atoms. The molecule has 23 heavy (non-hydrogen) atoms. The van der Waals surface area contributed by atoms with Crippen LogP contribution in [0.2, 0.25) is 0 Å². The number of halogens is 3. The first-order valence-corrected chi connectivity index (χ1v) is 9.44. The average Bonchev–Trinajstić information content (AvgIpc) is 2.97. The summed E-state index contributed by atoms with van der Waals surface area (Å²) in [6.07, 6.45) is 1.56. The van der Waals surface area contributed by atoms with Crippen molar-refractivity contribution in [3.63, 3.8) is 0 Å². The van der Waals surface area contributed by atoms with Crippen molar-refractivity contribution in [2.45, 2.75) is 15.6 Å². The van der Waals surface area contributed by atoms with Crippen LogP contribution in [0.25, 0.3) is 0 Å². The van der Waals surface area contributed by atoms with Gasteiger partial charge in [-0.05, 0) is 24.0 Å². The molecule has 0 aliphatic carbocycles. The minimum Gasteiger partial charge on any atom is -0.468 e. The lowest BCUT2D eigenvalue weighted by Gasteiger charge is -2.23. The van der Waals surface area contributed by atoms with Crippen LogP contribution in [0, 0.1) is 0 Å². The molecule has 0 N–H and O–H groups in total. The van der Waals surface area contributed by atoms with Gasteiger partial charge in [-0.25, -0.2) is 4.79 Å². The van der Waals surface area contributed by atoms with Gasteiger partial charge in [-0.2, -0.15) is 4.36 Å². The zero-order chi connectivity index (χ0) is 16.9. The third kappa shape index (κ3) is 5.84. The summed E-state index contributed by atoms with van der Waals surface area (Å²) in [5.74, 6) is 1.25. The highest BCUT2D eigenvalue weighted by Crippen LogP contribution is 2.42. The summed E-state index contributed by atoms with van der Waals surface area (Å²) >= 11 is 17.8. The van der Waals surface area contributed by atoms with Gasteiger partial charge in [0.1, 0.15) is 5.76 Å². The van der Waals surface area contributed by atoms with Crippen LogP contribution in [0.15, 0.2) is 57.5 Å². The Morgan fingerprint density at radius 1 is 1.26 bits per heavy atom. The Kier molecular flexibility index (Phi) is 6.53. The van der Waals surface area contributed by atoms with E-state index >= 15 is 0 Å². The Morgan fingerprint density at radius 3 is 2.52 bits per heavy atom. The number of amides is 1. The minimum absolute atomic E-state index is 0.506. The fourth-order valence-electron chi connectivity index (χ4n) is 1.83. The number of carbonyl (C=O) groups is 1. The van der Waals surface area contributed by atoms with E-state index in [2.05, 4.69) is 4.36 Å². The fraction of sp³-hybridized carbons (Fsp3) is 0.267. The van der Waals surface area contributed by atoms with E-state index in [4.69, 9.17) is 44.0 Å². The summed E-state index contributed by atoms with van der Waals surface area (Å²) in [4.78, 5) is 12.0. The summed E-state index contributed by atoms with van der Waals surface area (Å²) in [7, 11) is -0.602. The highest BCUT2D eigenvalue weighted by Gasteiger charge is 2.37. The summed E-state index contributed by atoms with van der Waals surface area (Å²) in [5, 5.41) is 0. The third-order valence-electron chi connectivity index (χ3n) is 2.78. The number of hydrogen-bond acceptors (Lipinski definition) is 3. The van der Waals surface area contributed by atoms with Gasteiger partial charge >= 0.3 is 6.09 Å². The van der Waals surface area contributed by atoms with Gasteiger partial charge in [0.05, 0.1) is 12.0 Å². The maximum Gasteiger partial charge on any atom is 0.440 e. The fourth-order valence-corrected chi connectivity index (χ4v) is 3.28. The average molecular weight is 395 g/mol. The molecule has 0 aliphatic rings. The van der Waals surface area contributed by atoms with Crippen LogP contribution in [0.1, 0.15) is 17.4 Å². The van der Waals surface area contributed by atoms with E-state index in [0.717, 1.165) is 5.76 Å². The van der Waals surface area contributed by atoms with Crippen LogP contribution in [-0.4, -0.2) is 16.1 Å². The van der Waals surface area contributed by atoms with Gasteiger partial charge in [0, 0.05) is 0 Å². The molecule has 8 heteroatoms. The predicted octanol–water partition coefficient (Wildman–Crippen LogP) is 5.46. The van der Waals surface area contributed by atoms with Crippen LogP contribution >= 0.6 is 34.8 Å². The molecule has 1 amide bonds. The first kappa shape index (κ1) is 18.3. The first-order chi connectivity index (χ1) is 10.9. The maximum absolute atomic E-state index is 12.0. The predicted molar refractivity (Wildman–Crippen MR) is 94.1 cm³/mol. The van der Waals surface area contributed by atoms with Gasteiger partial charge in [0.25, 0.3) is 0 Å². The highest BCUT2D eigenvalue weighted by atomic mass is 35.6. The molecule has 0 saturated heterocycles. The van der Waals surface area contributed by atoms with E-state index in [1.54, 1.807) is 42.9 Å². The van der Waals surface area contributed by atoms with Gasteiger partial charge in [-0.1, -0.05) is 75.8 Å². The smallest absolute Gasteiger partial charge is 0.440 e. The molecule has 2 aromatic rings. The van der Waals surface area contributed by atoms with Crippen LogP contribution in [0.5, 0.6) is 0 Å². The second-order valence-electron chi connectivity index (χ2n) is 4.63.